The maximum Gasteiger partial charge on any atom is 0.264 e. The predicted octanol–water partition coefficient (Wildman–Crippen LogP) is 4.21. The van der Waals surface area contributed by atoms with Gasteiger partial charge in [-0.3, -0.25) is 9.10 Å². The molecule has 0 aliphatic carbocycles. The molecule has 1 unspecified atom stereocenters. The normalized spacial score (nSPS) is 12.2. The zero-order valence-electron chi connectivity index (χ0n) is 16.7. The summed E-state index contributed by atoms with van der Waals surface area (Å²) in [6, 6.07) is 20.5. The van der Waals surface area contributed by atoms with Crippen LogP contribution in [0.5, 0.6) is 0 Å². The number of nitrogens with one attached hydrogen (secondary N) is 1. The molecule has 0 bridgehead atoms. The number of rotatable bonds is 7. The molecule has 1 amide bonds. The van der Waals surface area contributed by atoms with Crippen molar-refractivity contribution in [1.82, 2.24) is 5.32 Å². The summed E-state index contributed by atoms with van der Waals surface area (Å²) >= 11 is 0. The van der Waals surface area contributed by atoms with E-state index in [9.17, 15) is 17.6 Å². The van der Waals surface area contributed by atoms with Crippen LogP contribution in [0.4, 0.5) is 10.1 Å². The van der Waals surface area contributed by atoms with Crippen molar-refractivity contribution in [3.8, 4) is 0 Å². The van der Waals surface area contributed by atoms with E-state index >= 15 is 0 Å². The van der Waals surface area contributed by atoms with Crippen molar-refractivity contribution < 1.29 is 17.6 Å². The van der Waals surface area contributed by atoms with Crippen LogP contribution in [0, 0.1) is 12.7 Å². The lowest BCUT2D eigenvalue weighted by Crippen LogP contribution is -2.41. The third kappa shape index (κ3) is 5.04. The van der Waals surface area contributed by atoms with Gasteiger partial charge in [0.05, 0.1) is 16.6 Å². The first kappa shape index (κ1) is 21.5. The Morgan fingerprint density at radius 2 is 1.57 bits per heavy atom. The van der Waals surface area contributed by atoms with E-state index in [2.05, 4.69) is 5.32 Å². The molecule has 3 aromatic carbocycles. The lowest BCUT2D eigenvalue weighted by atomic mass is 10.1. The van der Waals surface area contributed by atoms with Crippen molar-refractivity contribution >= 4 is 21.6 Å². The minimum Gasteiger partial charge on any atom is -0.348 e. The maximum atomic E-state index is 13.3. The molecule has 30 heavy (non-hydrogen) atoms. The quantitative estimate of drug-likeness (QED) is 0.616. The number of hydrogen-bond acceptors (Lipinski definition) is 3. The van der Waals surface area contributed by atoms with E-state index in [0.717, 1.165) is 27.6 Å². The first-order valence-electron chi connectivity index (χ1n) is 9.46. The Bertz CT molecular complexity index is 1100. The SMILES string of the molecule is Cc1ccc(N(CC(=O)NC(C)c2ccccc2)S(=O)(=O)c2ccc(F)cc2)cc1. The third-order valence-electron chi connectivity index (χ3n) is 4.69. The molecule has 1 atom stereocenters. The number of sulfonamides is 1. The van der Waals surface area contributed by atoms with Gasteiger partial charge in [0, 0.05) is 0 Å². The number of anilines is 1. The van der Waals surface area contributed by atoms with Gasteiger partial charge in [0.1, 0.15) is 12.4 Å². The van der Waals surface area contributed by atoms with Gasteiger partial charge < -0.3 is 5.32 Å². The number of aryl methyl sites for hydroxylation is 1. The van der Waals surface area contributed by atoms with E-state index in [1.165, 1.54) is 12.1 Å². The van der Waals surface area contributed by atoms with Gasteiger partial charge in [-0.15, -0.1) is 0 Å². The topological polar surface area (TPSA) is 66.5 Å². The summed E-state index contributed by atoms with van der Waals surface area (Å²) in [6.45, 7) is 3.31. The predicted molar refractivity (Wildman–Crippen MR) is 115 cm³/mol. The Balaban J connectivity index is 1.89. The number of benzene rings is 3. The van der Waals surface area contributed by atoms with Gasteiger partial charge in [-0.25, -0.2) is 12.8 Å². The molecule has 0 saturated carbocycles. The minimum absolute atomic E-state index is 0.0895. The highest BCUT2D eigenvalue weighted by Gasteiger charge is 2.27. The van der Waals surface area contributed by atoms with Gasteiger partial charge >= 0.3 is 0 Å². The fourth-order valence-electron chi connectivity index (χ4n) is 3.00. The van der Waals surface area contributed by atoms with Crippen LogP contribution in [-0.4, -0.2) is 20.9 Å². The van der Waals surface area contributed by atoms with Gasteiger partial charge in [0.15, 0.2) is 0 Å². The molecule has 0 saturated heterocycles. The molecule has 156 valence electrons. The van der Waals surface area contributed by atoms with Crippen LogP contribution in [0.2, 0.25) is 0 Å². The molecule has 0 aliphatic heterocycles. The van der Waals surface area contributed by atoms with Crippen LogP contribution in [0.3, 0.4) is 0 Å². The molecule has 0 fully saturated rings. The van der Waals surface area contributed by atoms with Crippen molar-refractivity contribution in [2.75, 3.05) is 10.8 Å². The van der Waals surface area contributed by atoms with Gasteiger partial charge in [0.25, 0.3) is 10.0 Å². The molecule has 3 rings (SSSR count). The molecule has 1 N–H and O–H groups in total. The van der Waals surface area contributed by atoms with E-state index in [-0.39, 0.29) is 10.9 Å². The van der Waals surface area contributed by atoms with Crippen molar-refractivity contribution in [3.05, 3.63) is 95.8 Å². The van der Waals surface area contributed by atoms with Gasteiger partial charge in [-0.05, 0) is 55.8 Å². The molecule has 0 heterocycles. The van der Waals surface area contributed by atoms with Crippen molar-refractivity contribution in [2.45, 2.75) is 24.8 Å². The third-order valence-corrected chi connectivity index (χ3v) is 6.48. The zero-order chi connectivity index (χ0) is 21.7. The van der Waals surface area contributed by atoms with E-state index in [1.807, 2.05) is 44.2 Å². The number of carbonyl (C=O) groups is 1. The van der Waals surface area contributed by atoms with Crippen LogP contribution < -0.4 is 9.62 Å². The summed E-state index contributed by atoms with van der Waals surface area (Å²) in [4.78, 5) is 12.6. The van der Waals surface area contributed by atoms with Gasteiger partial charge in [-0.1, -0.05) is 48.0 Å². The molecule has 0 radical (unpaired) electrons. The monoisotopic (exact) mass is 426 g/mol. The Morgan fingerprint density at radius 3 is 2.17 bits per heavy atom. The lowest BCUT2D eigenvalue weighted by Gasteiger charge is -2.25. The Labute approximate surface area is 176 Å². The molecule has 0 aromatic heterocycles. The standard InChI is InChI=1S/C23H23FN2O3S/c1-17-8-12-21(13-9-17)26(30(28,29)22-14-10-20(24)11-15-22)16-23(27)25-18(2)19-6-4-3-5-7-19/h3-15,18H,16H2,1-2H3,(H,25,27). The number of hydrogen-bond donors (Lipinski definition) is 1. The summed E-state index contributed by atoms with van der Waals surface area (Å²) in [5, 5.41) is 2.84. The molecular formula is C23H23FN2O3S. The van der Waals surface area contributed by atoms with Crippen LogP contribution in [0.15, 0.2) is 83.8 Å². The first-order chi connectivity index (χ1) is 14.3. The molecule has 0 aliphatic rings. The van der Waals surface area contributed by atoms with Gasteiger partial charge in [0.2, 0.25) is 5.91 Å². The summed E-state index contributed by atoms with van der Waals surface area (Å²) in [6.07, 6.45) is 0. The highest BCUT2D eigenvalue weighted by Crippen LogP contribution is 2.24. The second kappa shape index (κ2) is 9.09. The molecule has 0 spiro atoms. The number of halogens is 1. The molecular weight excluding hydrogens is 403 g/mol. The van der Waals surface area contributed by atoms with E-state index in [4.69, 9.17) is 0 Å². The molecule has 3 aromatic rings. The number of nitrogens with zero attached hydrogens (tertiary/aromatic N) is 1. The van der Waals surface area contributed by atoms with E-state index in [0.29, 0.717) is 5.69 Å². The fraction of sp³-hybridized carbons (Fsp3) is 0.174. The number of amides is 1. The average Bonchev–Trinajstić information content (AvgIpc) is 2.73. The van der Waals surface area contributed by atoms with Crippen LogP contribution in [0.25, 0.3) is 0 Å². The summed E-state index contributed by atoms with van der Waals surface area (Å²) in [5.41, 5.74) is 2.22. The largest absolute Gasteiger partial charge is 0.348 e. The first-order valence-corrected chi connectivity index (χ1v) is 10.9. The minimum atomic E-state index is -4.07. The van der Waals surface area contributed by atoms with E-state index < -0.39 is 28.3 Å². The second-order valence-corrected chi connectivity index (χ2v) is 8.86. The maximum absolute atomic E-state index is 13.3. The number of carbonyl (C=O) groups excluding carboxylic acids is 1. The summed E-state index contributed by atoms with van der Waals surface area (Å²) in [5.74, 6) is -0.983. The van der Waals surface area contributed by atoms with Crippen LogP contribution in [0.1, 0.15) is 24.1 Å². The summed E-state index contributed by atoms with van der Waals surface area (Å²) in [7, 11) is -4.07. The second-order valence-electron chi connectivity index (χ2n) is 7.00. The Morgan fingerprint density at radius 1 is 0.967 bits per heavy atom. The van der Waals surface area contributed by atoms with Crippen molar-refractivity contribution in [1.29, 1.82) is 0 Å². The zero-order valence-corrected chi connectivity index (χ0v) is 17.6. The highest BCUT2D eigenvalue weighted by atomic mass is 32.2. The average molecular weight is 427 g/mol. The van der Waals surface area contributed by atoms with Gasteiger partial charge in [-0.2, -0.15) is 0 Å². The highest BCUT2D eigenvalue weighted by molar-refractivity contribution is 7.92. The Kier molecular flexibility index (Phi) is 6.52. The lowest BCUT2D eigenvalue weighted by molar-refractivity contribution is -0.120. The van der Waals surface area contributed by atoms with Crippen LogP contribution >= 0.6 is 0 Å². The molecule has 5 nitrogen and oxygen atoms in total. The van der Waals surface area contributed by atoms with E-state index in [1.54, 1.807) is 24.3 Å². The van der Waals surface area contributed by atoms with Crippen molar-refractivity contribution in [2.24, 2.45) is 0 Å². The summed E-state index contributed by atoms with van der Waals surface area (Å²) < 4.78 is 40.8. The molecule has 7 heteroatoms. The smallest absolute Gasteiger partial charge is 0.264 e. The Hall–Kier alpha value is -3.19. The fourth-order valence-corrected chi connectivity index (χ4v) is 4.42. The van der Waals surface area contributed by atoms with Crippen molar-refractivity contribution in [3.63, 3.8) is 0 Å². The van der Waals surface area contributed by atoms with Crippen LogP contribution in [-0.2, 0) is 14.8 Å².